The molecule has 8 nitrogen and oxygen atoms in total. The molecule has 3 aromatic rings. The van der Waals surface area contributed by atoms with E-state index in [0.717, 1.165) is 69.5 Å². The Bertz CT molecular complexity index is 1280. The van der Waals surface area contributed by atoms with E-state index in [-0.39, 0.29) is 6.61 Å². The van der Waals surface area contributed by atoms with Crippen molar-refractivity contribution in [3.05, 3.63) is 66.7 Å². The van der Waals surface area contributed by atoms with E-state index in [9.17, 15) is 5.11 Å². The average molecular weight is 607 g/mol. The van der Waals surface area contributed by atoms with Gasteiger partial charge in [0.15, 0.2) is 0 Å². The fourth-order valence-electron chi connectivity index (χ4n) is 5.41. The monoisotopic (exact) mass is 606 g/mol. The quantitative estimate of drug-likeness (QED) is 0.245. The normalized spacial score (nSPS) is 16.1. The number of anilines is 2. The first-order valence-electron chi connectivity index (χ1n) is 15.4. The summed E-state index contributed by atoms with van der Waals surface area (Å²) in [6.45, 7) is 12.8. The lowest BCUT2D eigenvalue weighted by molar-refractivity contribution is 0.104. The van der Waals surface area contributed by atoms with E-state index in [4.69, 9.17) is 14.2 Å². The van der Waals surface area contributed by atoms with Gasteiger partial charge in [-0.15, -0.1) is 0 Å². The lowest BCUT2D eigenvalue weighted by Gasteiger charge is -2.36. The smallest absolute Gasteiger partial charge is 0.121 e. The minimum Gasteiger partial charge on any atom is -0.497 e. The number of benzene rings is 3. The highest BCUT2D eigenvalue weighted by Crippen LogP contribution is 2.49. The van der Waals surface area contributed by atoms with Crippen molar-refractivity contribution in [3.8, 4) is 17.2 Å². The molecule has 0 radical (unpaired) electrons. The first-order chi connectivity index (χ1) is 21.0. The molecule has 43 heavy (non-hydrogen) atoms. The van der Waals surface area contributed by atoms with Crippen LogP contribution in [0.25, 0.3) is 0 Å². The Morgan fingerprint density at radius 1 is 0.791 bits per heavy atom. The number of para-hydroxylation sites is 1. The van der Waals surface area contributed by atoms with Gasteiger partial charge >= 0.3 is 0 Å². The number of fused-ring (bicyclic) bond motifs is 2. The van der Waals surface area contributed by atoms with Crippen LogP contribution in [0.1, 0.15) is 20.3 Å². The molecule has 2 aliphatic rings. The molecule has 9 heteroatoms. The summed E-state index contributed by atoms with van der Waals surface area (Å²) in [5.74, 6) is 2.47. The van der Waals surface area contributed by atoms with Crippen molar-refractivity contribution in [3.63, 3.8) is 0 Å². The first-order valence-corrected chi connectivity index (χ1v) is 16.2. The Labute approximate surface area is 260 Å². The molecule has 2 N–H and O–H groups in total. The van der Waals surface area contributed by atoms with Crippen LogP contribution in [0.4, 0.5) is 11.4 Å². The Morgan fingerprint density at radius 2 is 1.44 bits per heavy atom. The van der Waals surface area contributed by atoms with Gasteiger partial charge in [-0.05, 0) is 61.5 Å². The maximum atomic E-state index is 10.0. The molecule has 0 spiro atoms. The summed E-state index contributed by atoms with van der Waals surface area (Å²) in [6, 6.07) is 23.1. The molecule has 0 aliphatic carbocycles. The molecule has 1 saturated heterocycles. The molecule has 1 atom stereocenters. The Balaban J connectivity index is 1.00. The third-order valence-corrected chi connectivity index (χ3v) is 8.99. The van der Waals surface area contributed by atoms with Gasteiger partial charge in [0.1, 0.15) is 36.6 Å². The van der Waals surface area contributed by atoms with Crippen molar-refractivity contribution in [2.75, 3.05) is 77.6 Å². The Morgan fingerprint density at radius 3 is 2.16 bits per heavy atom. The number of hydrogen-bond donors (Lipinski definition) is 2. The third kappa shape index (κ3) is 9.03. The summed E-state index contributed by atoms with van der Waals surface area (Å²) in [5.41, 5.74) is 2.53. The van der Waals surface area contributed by atoms with Crippen LogP contribution in [0.5, 0.6) is 17.2 Å². The molecule has 2 aliphatic heterocycles. The zero-order valence-electron chi connectivity index (χ0n) is 25.7. The molecule has 0 amide bonds. The van der Waals surface area contributed by atoms with E-state index in [1.54, 1.807) is 7.11 Å². The standard InChI is InChI=1S/C34H46N4O4S/c1-26(2)35-24-27(39)25-42-29-11-9-28(10-12-29)41-22-21-37-19-17-36(18-20-37)15-6-16-38-31-7-4-5-8-33(31)43-34-14-13-30(40-3)23-32(34)38/h4-5,7-14,23,26-27,35,39H,6,15-22,24-25H2,1-3H3/t27-/m0/s1. The largest absolute Gasteiger partial charge is 0.497 e. The minimum atomic E-state index is -0.535. The number of hydrogen-bond acceptors (Lipinski definition) is 9. The zero-order valence-corrected chi connectivity index (χ0v) is 26.5. The van der Waals surface area contributed by atoms with E-state index in [1.807, 2.05) is 36.0 Å². The Hall–Kier alpha value is -2.95. The summed E-state index contributed by atoms with van der Waals surface area (Å²) in [4.78, 5) is 10.1. The van der Waals surface area contributed by atoms with E-state index in [0.29, 0.717) is 19.2 Å². The molecule has 0 unspecified atom stereocenters. The van der Waals surface area contributed by atoms with Gasteiger partial charge < -0.3 is 34.4 Å². The summed E-state index contributed by atoms with van der Waals surface area (Å²) >= 11 is 1.84. The van der Waals surface area contributed by atoms with Crippen molar-refractivity contribution >= 4 is 23.1 Å². The van der Waals surface area contributed by atoms with Crippen molar-refractivity contribution in [1.29, 1.82) is 0 Å². The third-order valence-electron chi connectivity index (χ3n) is 7.86. The molecular weight excluding hydrogens is 560 g/mol. The first kappa shape index (κ1) is 31.5. The molecule has 2 heterocycles. The summed E-state index contributed by atoms with van der Waals surface area (Å²) in [6.07, 6.45) is 0.568. The van der Waals surface area contributed by atoms with Crippen molar-refractivity contribution < 1.29 is 19.3 Å². The maximum absolute atomic E-state index is 10.0. The van der Waals surface area contributed by atoms with Crippen LogP contribution in [0, 0.1) is 0 Å². The second-order valence-corrected chi connectivity index (χ2v) is 12.5. The number of aliphatic hydroxyl groups excluding tert-OH is 1. The number of rotatable bonds is 15. The topological polar surface area (TPSA) is 69.7 Å². The van der Waals surface area contributed by atoms with Crippen LogP contribution in [-0.4, -0.2) is 99.7 Å². The predicted molar refractivity (Wildman–Crippen MR) is 175 cm³/mol. The van der Waals surface area contributed by atoms with Crippen LogP contribution >= 0.6 is 11.8 Å². The summed E-state index contributed by atoms with van der Waals surface area (Å²) in [5, 5.41) is 13.2. The van der Waals surface area contributed by atoms with Gasteiger partial charge in [-0.1, -0.05) is 37.7 Å². The van der Waals surface area contributed by atoms with Crippen LogP contribution in [-0.2, 0) is 0 Å². The van der Waals surface area contributed by atoms with E-state index in [2.05, 4.69) is 76.3 Å². The number of piperazine rings is 1. The molecule has 1 fully saturated rings. The van der Waals surface area contributed by atoms with Gasteiger partial charge in [0, 0.05) is 67.7 Å². The number of ether oxygens (including phenoxy) is 3. The lowest BCUT2D eigenvalue weighted by atomic mass is 10.2. The maximum Gasteiger partial charge on any atom is 0.121 e. The molecule has 3 aromatic carbocycles. The molecule has 0 aromatic heterocycles. The number of nitrogens with zero attached hydrogens (tertiary/aromatic N) is 3. The van der Waals surface area contributed by atoms with E-state index >= 15 is 0 Å². The van der Waals surface area contributed by atoms with Crippen molar-refractivity contribution in [2.24, 2.45) is 0 Å². The predicted octanol–water partition coefficient (Wildman–Crippen LogP) is 5.12. The van der Waals surface area contributed by atoms with Crippen LogP contribution in [0.3, 0.4) is 0 Å². The lowest BCUT2D eigenvalue weighted by Crippen LogP contribution is -2.47. The highest BCUT2D eigenvalue weighted by Gasteiger charge is 2.24. The molecular formula is C34H46N4O4S. The fourth-order valence-corrected chi connectivity index (χ4v) is 6.49. The molecule has 5 rings (SSSR count). The second kappa shape index (κ2) is 15.7. The average Bonchev–Trinajstić information content (AvgIpc) is 3.03. The van der Waals surface area contributed by atoms with Gasteiger partial charge in [0.25, 0.3) is 0 Å². The highest BCUT2D eigenvalue weighted by atomic mass is 32.2. The van der Waals surface area contributed by atoms with Crippen LogP contribution in [0.2, 0.25) is 0 Å². The van der Waals surface area contributed by atoms with Crippen molar-refractivity contribution in [2.45, 2.75) is 42.2 Å². The SMILES string of the molecule is COc1ccc2c(c1)N(CCCN1CCN(CCOc3ccc(OC[C@@H](O)CNC(C)C)cc3)CC1)c1ccccc1S2. The van der Waals surface area contributed by atoms with Gasteiger partial charge in [-0.2, -0.15) is 0 Å². The molecule has 0 saturated carbocycles. The van der Waals surface area contributed by atoms with Gasteiger partial charge in [-0.3, -0.25) is 4.90 Å². The summed E-state index contributed by atoms with van der Waals surface area (Å²) in [7, 11) is 1.73. The van der Waals surface area contributed by atoms with Crippen molar-refractivity contribution in [1.82, 2.24) is 15.1 Å². The summed E-state index contributed by atoms with van der Waals surface area (Å²) < 4.78 is 17.2. The van der Waals surface area contributed by atoms with Gasteiger partial charge in [0.2, 0.25) is 0 Å². The van der Waals surface area contributed by atoms with E-state index < -0.39 is 6.10 Å². The fraction of sp³-hybridized carbons (Fsp3) is 0.471. The molecule has 0 bridgehead atoms. The highest BCUT2D eigenvalue weighted by molar-refractivity contribution is 7.99. The minimum absolute atomic E-state index is 0.264. The zero-order chi connectivity index (χ0) is 30.0. The van der Waals surface area contributed by atoms with Gasteiger partial charge in [-0.25, -0.2) is 0 Å². The van der Waals surface area contributed by atoms with E-state index in [1.165, 1.54) is 21.2 Å². The van der Waals surface area contributed by atoms with Crippen LogP contribution in [0.15, 0.2) is 76.5 Å². The number of methoxy groups -OCH3 is 1. The molecule has 232 valence electrons. The Kier molecular flexibility index (Phi) is 11.5. The number of aliphatic hydroxyl groups is 1. The number of nitrogens with one attached hydrogen (secondary N) is 1. The van der Waals surface area contributed by atoms with Gasteiger partial charge in [0.05, 0.1) is 18.5 Å². The second-order valence-electron chi connectivity index (χ2n) is 11.4. The van der Waals surface area contributed by atoms with Crippen LogP contribution < -0.4 is 24.4 Å².